The molecule has 0 radical (unpaired) electrons. The third kappa shape index (κ3) is 4.69. The Labute approximate surface area is 184 Å². The predicted molar refractivity (Wildman–Crippen MR) is 111 cm³/mol. The van der Waals surface area contributed by atoms with Crippen molar-refractivity contribution < 1.29 is 23.8 Å². The summed E-state index contributed by atoms with van der Waals surface area (Å²) in [6, 6.07) is 4.57. The molecule has 7 nitrogen and oxygen atoms in total. The van der Waals surface area contributed by atoms with Gasteiger partial charge in [0.25, 0.3) is 0 Å². The topological polar surface area (TPSA) is 84.7 Å². The summed E-state index contributed by atoms with van der Waals surface area (Å²) in [6.07, 6.45) is 2.19. The van der Waals surface area contributed by atoms with Crippen LogP contribution in [0.3, 0.4) is 0 Å². The number of hydrogen-bond donors (Lipinski definition) is 1. The number of ether oxygens (including phenoxy) is 1. The third-order valence-corrected chi connectivity index (χ3v) is 6.46. The number of carboxylic acid groups (broad SMARTS) is 1. The molecule has 4 rings (SSSR count). The molecular formula is C22H25ClFN3O4. The first-order valence-electron chi connectivity index (χ1n) is 10.5. The summed E-state index contributed by atoms with van der Waals surface area (Å²) in [5, 5.41) is 14.0. The van der Waals surface area contributed by atoms with E-state index in [-0.39, 0.29) is 18.6 Å². The summed E-state index contributed by atoms with van der Waals surface area (Å²) < 4.78 is 21.7. The van der Waals surface area contributed by atoms with Gasteiger partial charge < -0.3 is 14.7 Å². The molecule has 1 aliphatic carbocycles. The number of hydrogen-bond acceptors (Lipinski definition) is 4. The van der Waals surface area contributed by atoms with Crippen LogP contribution in [0.5, 0.6) is 0 Å². The van der Waals surface area contributed by atoms with Gasteiger partial charge >= 0.3 is 12.1 Å². The summed E-state index contributed by atoms with van der Waals surface area (Å²) in [4.78, 5) is 25.5. The molecule has 1 amide bonds. The van der Waals surface area contributed by atoms with Gasteiger partial charge in [-0.1, -0.05) is 17.7 Å². The molecule has 1 saturated carbocycles. The SMILES string of the molecule is Cc1nn(Cc2ccc(Cl)cc2F)c2c1CCN(C(=O)O[C@H]1CC[C@@H](C(=O)O)CC1)C2. The molecule has 0 spiro atoms. The number of aromatic nitrogens is 2. The molecule has 1 N–H and O–H groups in total. The second-order valence-electron chi connectivity index (χ2n) is 8.27. The average molecular weight is 450 g/mol. The summed E-state index contributed by atoms with van der Waals surface area (Å²) in [5.41, 5.74) is 3.32. The molecular weight excluding hydrogens is 425 g/mol. The predicted octanol–water partition coefficient (Wildman–Crippen LogP) is 4.17. The van der Waals surface area contributed by atoms with Gasteiger partial charge in [0.1, 0.15) is 11.9 Å². The number of fused-ring (bicyclic) bond motifs is 1. The van der Waals surface area contributed by atoms with Gasteiger partial charge in [0.2, 0.25) is 0 Å². The number of nitrogens with zero attached hydrogens (tertiary/aromatic N) is 3. The van der Waals surface area contributed by atoms with Crippen molar-refractivity contribution in [2.75, 3.05) is 6.54 Å². The highest BCUT2D eigenvalue weighted by atomic mass is 35.5. The van der Waals surface area contributed by atoms with E-state index in [1.54, 1.807) is 21.7 Å². The van der Waals surface area contributed by atoms with Gasteiger partial charge in [-0.05, 0) is 56.7 Å². The molecule has 1 aliphatic heterocycles. The zero-order chi connectivity index (χ0) is 22.1. The Balaban J connectivity index is 1.43. The normalized spacial score (nSPS) is 20.9. The van der Waals surface area contributed by atoms with Crippen LogP contribution in [0, 0.1) is 18.7 Å². The van der Waals surface area contributed by atoms with Crippen LogP contribution < -0.4 is 0 Å². The van der Waals surface area contributed by atoms with Crippen molar-refractivity contribution in [3.8, 4) is 0 Å². The van der Waals surface area contributed by atoms with Crippen LogP contribution in [0.1, 0.15) is 48.2 Å². The number of carboxylic acids is 1. The minimum absolute atomic E-state index is 0.251. The summed E-state index contributed by atoms with van der Waals surface area (Å²) in [6.45, 7) is 3.04. The smallest absolute Gasteiger partial charge is 0.410 e. The molecule has 0 bridgehead atoms. The molecule has 1 fully saturated rings. The van der Waals surface area contributed by atoms with E-state index in [9.17, 15) is 14.0 Å². The Morgan fingerprint density at radius 2 is 2.03 bits per heavy atom. The molecule has 31 heavy (non-hydrogen) atoms. The van der Waals surface area contributed by atoms with Crippen LogP contribution in [-0.2, 0) is 29.0 Å². The second kappa shape index (κ2) is 8.86. The number of benzene rings is 1. The molecule has 2 aromatic rings. The van der Waals surface area contributed by atoms with Crippen LogP contribution in [0.2, 0.25) is 5.02 Å². The fourth-order valence-electron chi connectivity index (χ4n) is 4.42. The van der Waals surface area contributed by atoms with E-state index in [2.05, 4.69) is 5.10 Å². The maximum Gasteiger partial charge on any atom is 0.410 e. The van der Waals surface area contributed by atoms with Gasteiger partial charge in [-0.3, -0.25) is 9.48 Å². The number of aliphatic carboxylic acids is 1. The number of halogens is 2. The van der Waals surface area contributed by atoms with Crippen molar-refractivity contribution in [3.63, 3.8) is 0 Å². The van der Waals surface area contributed by atoms with Gasteiger partial charge in [0.15, 0.2) is 0 Å². The molecule has 2 aliphatic rings. The summed E-state index contributed by atoms with van der Waals surface area (Å²) in [5.74, 6) is -1.52. The first kappa shape index (κ1) is 21.6. The van der Waals surface area contributed by atoms with Gasteiger partial charge in [0, 0.05) is 17.1 Å². The Morgan fingerprint density at radius 1 is 1.29 bits per heavy atom. The van der Waals surface area contributed by atoms with E-state index in [1.165, 1.54) is 6.07 Å². The largest absolute Gasteiger partial charge is 0.481 e. The van der Waals surface area contributed by atoms with Crippen LogP contribution in [0.25, 0.3) is 0 Å². The van der Waals surface area contributed by atoms with Crippen molar-refractivity contribution in [3.05, 3.63) is 51.6 Å². The van der Waals surface area contributed by atoms with Gasteiger partial charge in [0.05, 0.1) is 30.4 Å². The molecule has 9 heteroatoms. The number of amides is 1. The summed E-state index contributed by atoms with van der Waals surface area (Å²) in [7, 11) is 0. The van der Waals surface area contributed by atoms with Crippen molar-refractivity contribution in [2.24, 2.45) is 5.92 Å². The Morgan fingerprint density at radius 3 is 2.71 bits per heavy atom. The lowest BCUT2D eigenvalue weighted by molar-refractivity contribution is -0.143. The molecule has 1 aromatic carbocycles. The van der Waals surface area contributed by atoms with E-state index >= 15 is 0 Å². The lowest BCUT2D eigenvalue weighted by Crippen LogP contribution is -2.39. The average Bonchev–Trinajstić information content (AvgIpc) is 3.05. The van der Waals surface area contributed by atoms with Gasteiger partial charge in [-0.15, -0.1) is 0 Å². The fraction of sp³-hybridized carbons (Fsp3) is 0.500. The molecule has 0 unspecified atom stereocenters. The van der Waals surface area contributed by atoms with E-state index in [4.69, 9.17) is 21.4 Å². The number of carbonyl (C=O) groups is 2. The first-order valence-corrected chi connectivity index (χ1v) is 10.9. The molecule has 1 aromatic heterocycles. The fourth-order valence-corrected chi connectivity index (χ4v) is 4.58. The highest BCUT2D eigenvalue weighted by Gasteiger charge is 2.31. The van der Waals surface area contributed by atoms with Crippen molar-refractivity contribution in [2.45, 2.75) is 58.2 Å². The van der Waals surface area contributed by atoms with Gasteiger partial charge in [-0.2, -0.15) is 5.10 Å². The van der Waals surface area contributed by atoms with Crippen LogP contribution in [0.15, 0.2) is 18.2 Å². The van der Waals surface area contributed by atoms with E-state index in [0.717, 1.165) is 17.0 Å². The Hall–Kier alpha value is -2.61. The zero-order valence-electron chi connectivity index (χ0n) is 17.3. The van der Waals surface area contributed by atoms with Crippen LogP contribution >= 0.6 is 11.6 Å². The Bertz CT molecular complexity index is 1000. The number of aryl methyl sites for hydroxylation is 1. The molecule has 0 saturated heterocycles. The van der Waals surface area contributed by atoms with Crippen molar-refractivity contribution in [1.82, 2.24) is 14.7 Å². The Kier molecular flexibility index (Phi) is 6.18. The monoisotopic (exact) mass is 449 g/mol. The van der Waals surface area contributed by atoms with E-state index in [1.807, 2.05) is 6.92 Å². The maximum atomic E-state index is 14.3. The second-order valence-corrected chi connectivity index (χ2v) is 8.71. The molecule has 0 atom stereocenters. The molecule has 166 valence electrons. The van der Waals surface area contributed by atoms with Crippen molar-refractivity contribution in [1.29, 1.82) is 0 Å². The van der Waals surface area contributed by atoms with Gasteiger partial charge in [-0.25, -0.2) is 9.18 Å². The standard InChI is InChI=1S/C22H25ClFN3O4/c1-13-18-8-9-26(22(30)31-17-6-3-14(4-7-17)21(28)29)12-20(18)27(25-13)11-15-2-5-16(23)10-19(15)24/h2,5,10,14,17H,3-4,6-9,11-12H2,1H3,(H,28,29)/t14-,17+. The highest BCUT2D eigenvalue weighted by Crippen LogP contribution is 2.28. The lowest BCUT2D eigenvalue weighted by atomic mass is 9.87. The van der Waals surface area contributed by atoms with Crippen LogP contribution in [-0.4, -0.2) is 44.5 Å². The van der Waals surface area contributed by atoms with E-state index < -0.39 is 17.9 Å². The lowest BCUT2D eigenvalue weighted by Gasteiger charge is -2.31. The minimum Gasteiger partial charge on any atom is -0.481 e. The maximum absolute atomic E-state index is 14.3. The zero-order valence-corrected chi connectivity index (χ0v) is 18.1. The van der Waals surface area contributed by atoms with E-state index in [0.29, 0.717) is 55.8 Å². The number of carbonyl (C=O) groups excluding carboxylic acids is 1. The van der Waals surface area contributed by atoms with Crippen LogP contribution in [0.4, 0.5) is 9.18 Å². The third-order valence-electron chi connectivity index (χ3n) is 6.22. The quantitative estimate of drug-likeness (QED) is 0.757. The first-order chi connectivity index (χ1) is 14.8. The highest BCUT2D eigenvalue weighted by molar-refractivity contribution is 6.30. The minimum atomic E-state index is -0.783. The number of rotatable bonds is 4. The molecule has 2 heterocycles. The van der Waals surface area contributed by atoms with Crippen molar-refractivity contribution >= 4 is 23.7 Å². The summed E-state index contributed by atoms with van der Waals surface area (Å²) >= 11 is 5.85.